The van der Waals surface area contributed by atoms with Crippen molar-refractivity contribution in [1.82, 2.24) is 0 Å². The van der Waals surface area contributed by atoms with Gasteiger partial charge in [-0.05, 0) is 18.2 Å². The van der Waals surface area contributed by atoms with E-state index >= 15 is 0 Å². The lowest BCUT2D eigenvalue weighted by atomic mass is 10.1. The Morgan fingerprint density at radius 2 is 2.05 bits per heavy atom. The Hall–Kier alpha value is -2.12. The number of aldehydes is 1. The Balaban J connectivity index is 2.93. The Labute approximate surface area is 119 Å². The highest BCUT2D eigenvalue weighted by atomic mass is 35.5. The molecule has 0 aromatic heterocycles. The van der Waals surface area contributed by atoms with Crippen molar-refractivity contribution in [3.8, 4) is 0 Å². The highest BCUT2D eigenvalue weighted by Crippen LogP contribution is 2.22. The molecule has 0 spiro atoms. The van der Waals surface area contributed by atoms with Crippen LogP contribution in [0.2, 0.25) is 5.02 Å². The van der Waals surface area contributed by atoms with Crippen LogP contribution in [0, 0.1) is 0 Å². The van der Waals surface area contributed by atoms with Crippen molar-refractivity contribution in [3.63, 3.8) is 0 Å². The third-order valence-electron chi connectivity index (χ3n) is 2.57. The number of anilines is 1. The molecule has 0 aliphatic rings. The summed E-state index contributed by atoms with van der Waals surface area (Å²) in [4.78, 5) is 32.2. The molecule has 0 heterocycles. The molecule has 0 saturated heterocycles. The molecule has 0 saturated carbocycles. The number of aliphatic carboxylic acids is 1. The summed E-state index contributed by atoms with van der Waals surface area (Å²) < 4.78 is 0. The third-order valence-corrected chi connectivity index (χ3v) is 2.88. The summed E-state index contributed by atoms with van der Waals surface area (Å²) in [6, 6.07) is 2.19. The van der Waals surface area contributed by atoms with Crippen LogP contribution in [-0.2, 0) is 9.59 Å². The molecule has 0 aliphatic carbocycles. The van der Waals surface area contributed by atoms with E-state index in [1.165, 1.54) is 18.2 Å². The predicted octanol–water partition coefficient (Wildman–Crippen LogP) is 0.820. The molecule has 0 amide bonds. The van der Waals surface area contributed by atoms with Crippen LogP contribution in [0.5, 0.6) is 0 Å². The quantitative estimate of drug-likeness (QED) is 0.548. The molecule has 0 radical (unpaired) electrons. The fraction of sp³-hybridized carbons (Fsp3) is 0.250. The lowest BCUT2D eigenvalue weighted by Gasteiger charge is -2.21. The smallest absolute Gasteiger partial charge is 0.337 e. The summed E-state index contributed by atoms with van der Waals surface area (Å²) in [5.74, 6) is -2.29. The van der Waals surface area contributed by atoms with Gasteiger partial charge in [0, 0.05) is 5.69 Å². The summed E-state index contributed by atoms with van der Waals surface area (Å²) in [7, 11) is 0. The largest absolute Gasteiger partial charge is 0.481 e. The topological polar surface area (TPSA) is 130 Å². The number of nitrogens with one attached hydrogen (secondary N) is 1. The standard InChI is InChI=1S/C12H13ClN2O5/c13-8-3-6(1-2-7(8)12(19)20)15-10(4-11(17)18)9(14)5-16/h1-3,5,9-10,15H,4,14H2,(H,17,18)(H,19,20)/t9-,10?/m1/s1. The molecule has 1 aromatic carbocycles. The number of carboxylic acid groups (broad SMARTS) is 2. The Morgan fingerprint density at radius 3 is 2.50 bits per heavy atom. The molecule has 0 aliphatic heterocycles. The molecule has 108 valence electrons. The van der Waals surface area contributed by atoms with Crippen molar-refractivity contribution in [1.29, 1.82) is 0 Å². The van der Waals surface area contributed by atoms with Gasteiger partial charge in [0.25, 0.3) is 0 Å². The van der Waals surface area contributed by atoms with Gasteiger partial charge in [-0.3, -0.25) is 4.79 Å². The van der Waals surface area contributed by atoms with Crippen LogP contribution in [0.25, 0.3) is 0 Å². The highest BCUT2D eigenvalue weighted by Gasteiger charge is 2.21. The Kier molecular flexibility index (Phi) is 5.48. The summed E-state index contributed by atoms with van der Waals surface area (Å²) in [6.07, 6.45) is 0.0754. The molecule has 2 atom stereocenters. The van der Waals surface area contributed by atoms with Crippen LogP contribution in [-0.4, -0.2) is 40.5 Å². The first kappa shape index (κ1) is 15.9. The molecule has 0 bridgehead atoms. The van der Waals surface area contributed by atoms with E-state index < -0.39 is 24.0 Å². The second-order valence-corrected chi connectivity index (χ2v) is 4.47. The van der Waals surface area contributed by atoms with Crippen LogP contribution >= 0.6 is 11.6 Å². The minimum atomic E-state index is -1.17. The van der Waals surface area contributed by atoms with E-state index in [4.69, 9.17) is 27.5 Å². The van der Waals surface area contributed by atoms with Crippen molar-refractivity contribution >= 4 is 35.5 Å². The summed E-state index contributed by atoms with van der Waals surface area (Å²) in [6.45, 7) is 0. The summed E-state index contributed by atoms with van der Waals surface area (Å²) in [5, 5.41) is 20.3. The maximum absolute atomic E-state index is 10.8. The second-order valence-electron chi connectivity index (χ2n) is 4.06. The van der Waals surface area contributed by atoms with Gasteiger partial charge in [-0.25, -0.2) is 4.79 Å². The number of nitrogens with two attached hydrogens (primary N) is 1. The number of rotatable bonds is 7. The zero-order valence-corrected chi connectivity index (χ0v) is 11.0. The number of hydrogen-bond donors (Lipinski definition) is 4. The van der Waals surface area contributed by atoms with E-state index in [-0.39, 0.29) is 17.0 Å². The summed E-state index contributed by atoms with van der Waals surface area (Å²) in [5.41, 5.74) is 5.81. The van der Waals surface area contributed by atoms with Gasteiger partial charge in [-0.1, -0.05) is 11.6 Å². The molecule has 1 unspecified atom stereocenters. The van der Waals surface area contributed by atoms with Gasteiger partial charge in [0.05, 0.1) is 29.1 Å². The van der Waals surface area contributed by atoms with Crippen molar-refractivity contribution in [2.24, 2.45) is 5.73 Å². The molecule has 20 heavy (non-hydrogen) atoms. The first-order chi connectivity index (χ1) is 9.35. The zero-order chi connectivity index (χ0) is 15.3. The minimum absolute atomic E-state index is 0.00347. The van der Waals surface area contributed by atoms with Crippen LogP contribution in [0.1, 0.15) is 16.8 Å². The van der Waals surface area contributed by atoms with Crippen LogP contribution in [0.15, 0.2) is 18.2 Å². The number of halogens is 1. The first-order valence-corrected chi connectivity index (χ1v) is 5.95. The molecule has 1 rings (SSSR count). The van der Waals surface area contributed by atoms with E-state index in [2.05, 4.69) is 5.32 Å². The number of aromatic carboxylic acids is 1. The Morgan fingerprint density at radius 1 is 1.40 bits per heavy atom. The molecule has 8 heteroatoms. The van der Waals surface area contributed by atoms with Gasteiger partial charge < -0.3 is 26.1 Å². The normalized spacial score (nSPS) is 13.3. The van der Waals surface area contributed by atoms with E-state index in [1.807, 2.05) is 0 Å². The molecule has 7 nitrogen and oxygen atoms in total. The van der Waals surface area contributed by atoms with Crippen molar-refractivity contribution in [2.75, 3.05) is 5.32 Å². The van der Waals surface area contributed by atoms with E-state index in [0.29, 0.717) is 12.0 Å². The number of carbonyl (C=O) groups is 3. The lowest BCUT2D eigenvalue weighted by Crippen LogP contribution is -2.42. The number of hydrogen-bond acceptors (Lipinski definition) is 5. The van der Waals surface area contributed by atoms with Crippen LogP contribution in [0.4, 0.5) is 5.69 Å². The van der Waals surface area contributed by atoms with Crippen molar-refractivity contribution in [3.05, 3.63) is 28.8 Å². The lowest BCUT2D eigenvalue weighted by molar-refractivity contribution is -0.137. The highest BCUT2D eigenvalue weighted by molar-refractivity contribution is 6.33. The monoisotopic (exact) mass is 300 g/mol. The van der Waals surface area contributed by atoms with Gasteiger partial charge in [-0.15, -0.1) is 0 Å². The van der Waals surface area contributed by atoms with E-state index in [0.717, 1.165) is 0 Å². The molecule has 5 N–H and O–H groups in total. The SMILES string of the molecule is N[C@H](C=O)C(CC(=O)O)Nc1ccc(C(=O)O)c(Cl)c1. The fourth-order valence-corrected chi connectivity index (χ4v) is 1.82. The van der Waals surface area contributed by atoms with Crippen LogP contribution in [0.3, 0.4) is 0 Å². The number of benzene rings is 1. The molecular formula is C12H13ClN2O5. The van der Waals surface area contributed by atoms with Crippen molar-refractivity contribution in [2.45, 2.75) is 18.5 Å². The van der Waals surface area contributed by atoms with Gasteiger partial charge in [-0.2, -0.15) is 0 Å². The van der Waals surface area contributed by atoms with E-state index in [9.17, 15) is 14.4 Å². The van der Waals surface area contributed by atoms with Crippen LogP contribution < -0.4 is 11.1 Å². The number of carboxylic acids is 2. The second kappa shape index (κ2) is 6.88. The molecule has 0 fully saturated rings. The van der Waals surface area contributed by atoms with Gasteiger partial charge in [0.2, 0.25) is 0 Å². The fourth-order valence-electron chi connectivity index (χ4n) is 1.56. The maximum Gasteiger partial charge on any atom is 0.337 e. The predicted molar refractivity (Wildman–Crippen MR) is 72.1 cm³/mol. The third kappa shape index (κ3) is 4.22. The van der Waals surface area contributed by atoms with Gasteiger partial charge in [0.15, 0.2) is 0 Å². The van der Waals surface area contributed by atoms with Gasteiger partial charge in [0.1, 0.15) is 6.29 Å². The molecular weight excluding hydrogens is 288 g/mol. The first-order valence-electron chi connectivity index (χ1n) is 5.57. The Bertz CT molecular complexity index is 535. The maximum atomic E-state index is 10.8. The van der Waals surface area contributed by atoms with E-state index in [1.54, 1.807) is 0 Å². The minimum Gasteiger partial charge on any atom is -0.481 e. The molecule has 1 aromatic rings. The average molecular weight is 301 g/mol. The van der Waals surface area contributed by atoms with Crippen molar-refractivity contribution < 1.29 is 24.6 Å². The summed E-state index contributed by atoms with van der Waals surface area (Å²) >= 11 is 5.79. The van der Waals surface area contributed by atoms with Gasteiger partial charge >= 0.3 is 11.9 Å². The zero-order valence-electron chi connectivity index (χ0n) is 10.2. The number of carbonyl (C=O) groups excluding carboxylic acids is 1. The average Bonchev–Trinajstić information content (AvgIpc) is 2.36.